The van der Waals surface area contributed by atoms with Crippen LogP contribution in [0.5, 0.6) is 0 Å². The van der Waals surface area contributed by atoms with Crippen molar-refractivity contribution in [2.45, 2.75) is 187 Å². The zero-order valence-electron chi connectivity index (χ0n) is 29.4. The van der Waals surface area contributed by atoms with Gasteiger partial charge in [-0.3, -0.25) is 9.59 Å². The van der Waals surface area contributed by atoms with Gasteiger partial charge in [0.25, 0.3) is 0 Å². The number of carbonyl (C=O) groups is 2. The lowest BCUT2D eigenvalue weighted by Crippen LogP contribution is -2.31. The van der Waals surface area contributed by atoms with Crippen molar-refractivity contribution in [2.75, 3.05) is 13.2 Å². The first-order valence-corrected chi connectivity index (χ1v) is 20.1. The van der Waals surface area contributed by atoms with E-state index in [2.05, 4.69) is 42.7 Å². The van der Waals surface area contributed by atoms with Gasteiger partial charge in [-0.05, 0) is 44.9 Å². The van der Waals surface area contributed by atoms with Crippen LogP contribution in [0.4, 0.5) is 0 Å². The Labute approximate surface area is 281 Å². The number of carbonyl (C=O) groups excluding carboxylic acids is 2. The van der Waals surface area contributed by atoms with Gasteiger partial charge in [0.05, 0.1) is 14.4 Å². The molecule has 0 fully saturated rings. The van der Waals surface area contributed by atoms with Gasteiger partial charge in [-0.2, -0.15) is 0 Å². The Bertz CT molecular complexity index is 807. The molecule has 0 aromatic rings. The SMILES string of the molecule is CCCCC/C=C\C/C=C\CCCCCCCC(=O)O[C@H](COC(=O)CCCCCCCCCCCCCCC)COP(=O)([O-])[O-]. The quantitative estimate of drug-likeness (QED) is 0.0287. The van der Waals surface area contributed by atoms with Gasteiger partial charge in [0.1, 0.15) is 6.61 Å². The molecule has 0 N–H and O–H groups in total. The summed E-state index contributed by atoms with van der Waals surface area (Å²) in [7, 11) is -5.25. The zero-order valence-corrected chi connectivity index (χ0v) is 30.3. The molecule has 0 saturated carbocycles. The minimum atomic E-state index is -5.25. The van der Waals surface area contributed by atoms with Gasteiger partial charge in [0.15, 0.2) is 6.10 Å². The molecule has 0 radical (unpaired) electrons. The monoisotopic (exact) mass is 670 g/mol. The van der Waals surface area contributed by atoms with Crippen molar-refractivity contribution < 1.29 is 37.9 Å². The summed E-state index contributed by atoms with van der Waals surface area (Å²) in [6, 6.07) is 0. The number of esters is 2. The van der Waals surface area contributed by atoms with Crippen LogP contribution in [0.15, 0.2) is 24.3 Å². The first kappa shape index (κ1) is 44.5. The Balaban J connectivity index is 3.99. The third-order valence-corrected chi connectivity index (χ3v) is 8.43. The molecule has 0 bridgehead atoms. The van der Waals surface area contributed by atoms with E-state index in [4.69, 9.17) is 9.47 Å². The maximum atomic E-state index is 12.3. The summed E-state index contributed by atoms with van der Waals surface area (Å²) in [4.78, 5) is 46.3. The van der Waals surface area contributed by atoms with Crippen molar-refractivity contribution in [1.82, 2.24) is 0 Å². The maximum absolute atomic E-state index is 12.3. The number of hydrogen-bond donors (Lipinski definition) is 0. The highest BCUT2D eigenvalue weighted by Crippen LogP contribution is 2.25. The molecule has 9 heteroatoms. The molecule has 0 aliphatic carbocycles. The van der Waals surface area contributed by atoms with E-state index in [1.54, 1.807) is 0 Å². The summed E-state index contributed by atoms with van der Waals surface area (Å²) in [5.41, 5.74) is 0. The Kier molecular flexibility index (Phi) is 32.4. The number of phosphoric acid groups is 1. The molecule has 0 heterocycles. The van der Waals surface area contributed by atoms with Crippen LogP contribution in [-0.4, -0.2) is 31.3 Å². The Hall–Kier alpha value is -1.47. The predicted octanol–water partition coefficient (Wildman–Crippen LogP) is 9.58. The third-order valence-electron chi connectivity index (χ3n) is 7.96. The molecule has 0 aliphatic heterocycles. The van der Waals surface area contributed by atoms with Crippen LogP contribution in [0.3, 0.4) is 0 Å². The Morgan fingerprint density at radius 2 is 0.978 bits per heavy atom. The average molecular weight is 671 g/mol. The molecule has 0 saturated heterocycles. The summed E-state index contributed by atoms with van der Waals surface area (Å²) in [6.45, 7) is 3.45. The van der Waals surface area contributed by atoms with Gasteiger partial charge < -0.3 is 28.3 Å². The fraction of sp³-hybridized carbons (Fsp3) is 0.838. The van der Waals surface area contributed by atoms with E-state index in [0.717, 1.165) is 51.4 Å². The summed E-state index contributed by atoms with van der Waals surface area (Å²) < 4.78 is 25.7. The molecule has 0 aromatic heterocycles. The van der Waals surface area contributed by atoms with Crippen LogP contribution in [0.1, 0.15) is 181 Å². The number of allylic oxidation sites excluding steroid dienone is 4. The van der Waals surface area contributed by atoms with Crippen LogP contribution in [0.2, 0.25) is 0 Å². The molecule has 46 heavy (non-hydrogen) atoms. The smallest absolute Gasteiger partial charge is 0.306 e. The molecular weight excluding hydrogens is 603 g/mol. The second kappa shape index (κ2) is 33.4. The third kappa shape index (κ3) is 35.4. The lowest BCUT2D eigenvalue weighted by molar-refractivity contribution is -0.343. The summed E-state index contributed by atoms with van der Waals surface area (Å²) in [6.07, 6.45) is 35.7. The number of phosphoric ester groups is 1. The summed E-state index contributed by atoms with van der Waals surface area (Å²) in [5.74, 6) is -0.969. The molecule has 0 aromatic carbocycles. The van der Waals surface area contributed by atoms with E-state index in [1.807, 2.05) is 0 Å². The minimum Gasteiger partial charge on any atom is -0.790 e. The Morgan fingerprint density at radius 3 is 1.48 bits per heavy atom. The van der Waals surface area contributed by atoms with Crippen molar-refractivity contribution in [2.24, 2.45) is 0 Å². The Morgan fingerprint density at radius 1 is 0.565 bits per heavy atom. The lowest BCUT2D eigenvalue weighted by atomic mass is 10.0. The highest BCUT2D eigenvalue weighted by atomic mass is 31.2. The molecule has 8 nitrogen and oxygen atoms in total. The second-order valence-electron chi connectivity index (χ2n) is 12.5. The predicted molar refractivity (Wildman–Crippen MR) is 184 cm³/mol. The van der Waals surface area contributed by atoms with Gasteiger partial charge in [0, 0.05) is 12.8 Å². The zero-order chi connectivity index (χ0) is 34.0. The summed E-state index contributed by atoms with van der Waals surface area (Å²) in [5, 5.41) is 0. The van der Waals surface area contributed by atoms with Crippen molar-refractivity contribution >= 4 is 19.8 Å². The molecule has 0 amide bonds. The van der Waals surface area contributed by atoms with Crippen molar-refractivity contribution in [3.63, 3.8) is 0 Å². The standard InChI is InChI=1S/C37H69O8P/c1-3-5-7-9-11-13-15-17-18-20-22-24-26-28-30-32-37(39)45-35(34-44-46(40,41)42)33-43-36(38)31-29-27-25-23-21-19-16-14-12-10-8-6-4-2/h11,13,17-18,35H,3-10,12,14-16,19-34H2,1-2H3,(H2,40,41,42)/p-2/b13-11-,18-17-/t35-/m1/s1. The highest BCUT2D eigenvalue weighted by molar-refractivity contribution is 7.43. The van der Waals surface area contributed by atoms with Gasteiger partial charge in [0.2, 0.25) is 0 Å². The van der Waals surface area contributed by atoms with Crippen molar-refractivity contribution in [1.29, 1.82) is 0 Å². The number of unbranched alkanes of at least 4 members (excludes halogenated alkanes) is 20. The van der Waals surface area contributed by atoms with Gasteiger partial charge in [-0.25, -0.2) is 0 Å². The topological polar surface area (TPSA) is 125 Å². The van der Waals surface area contributed by atoms with Gasteiger partial charge >= 0.3 is 11.9 Å². The van der Waals surface area contributed by atoms with Crippen LogP contribution >= 0.6 is 7.82 Å². The van der Waals surface area contributed by atoms with E-state index in [1.165, 1.54) is 89.9 Å². The molecule has 0 rings (SSSR count). The molecule has 0 unspecified atom stereocenters. The summed E-state index contributed by atoms with van der Waals surface area (Å²) >= 11 is 0. The first-order chi connectivity index (χ1) is 22.3. The maximum Gasteiger partial charge on any atom is 0.306 e. The van der Waals surface area contributed by atoms with Gasteiger partial charge in [-0.15, -0.1) is 0 Å². The molecule has 1 atom stereocenters. The lowest BCUT2D eigenvalue weighted by Gasteiger charge is -2.30. The van der Waals surface area contributed by atoms with Crippen LogP contribution in [0.25, 0.3) is 0 Å². The fourth-order valence-electron chi connectivity index (χ4n) is 5.16. The van der Waals surface area contributed by atoms with Crippen molar-refractivity contribution in [3.05, 3.63) is 24.3 Å². The number of ether oxygens (including phenoxy) is 2. The fourth-order valence-corrected chi connectivity index (χ4v) is 5.51. The van der Waals surface area contributed by atoms with E-state index in [9.17, 15) is 23.9 Å². The number of rotatable bonds is 34. The second-order valence-corrected chi connectivity index (χ2v) is 13.7. The first-order valence-electron chi connectivity index (χ1n) is 18.6. The molecule has 270 valence electrons. The van der Waals surface area contributed by atoms with Crippen LogP contribution in [-0.2, 0) is 28.2 Å². The van der Waals surface area contributed by atoms with Crippen molar-refractivity contribution in [3.8, 4) is 0 Å². The van der Waals surface area contributed by atoms with Crippen LogP contribution in [0, 0.1) is 0 Å². The highest BCUT2D eigenvalue weighted by Gasteiger charge is 2.18. The largest absolute Gasteiger partial charge is 0.790 e. The van der Waals surface area contributed by atoms with E-state index in [-0.39, 0.29) is 19.4 Å². The van der Waals surface area contributed by atoms with E-state index < -0.39 is 32.5 Å². The molecule has 0 aliphatic rings. The average Bonchev–Trinajstić information content (AvgIpc) is 3.02. The minimum absolute atomic E-state index is 0.167. The van der Waals surface area contributed by atoms with E-state index >= 15 is 0 Å². The van der Waals surface area contributed by atoms with E-state index in [0.29, 0.717) is 12.8 Å². The van der Waals surface area contributed by atoms with Gasteiger partial charge in [-0.1, -0.05) is 147 Å². The normalized spacial score (nSPS) is 12.7. The molecular formula is C37H67O8P-2. The van der Waals surface area contributed by atoms with Crippen LogP contribution < -0.4 is 9.79 Å². The number of hydrogen-bond acceptors (Lipinski definition) is 8. The molecule has 0 spiro atoms.